The monoisotopic (exact) mass is 489 g/mol. The molecule has 2 N–H and O–H groups in total. The second-order valence-corrected chi connectivity index (χ2v) is 10.6. The Morgan fingerprint density at radius 2 is 1.66 bits per heavy atom. The minimum atomic E-state index is -0.835. The first-order valence-corrected chi connectivity index (χ1v) is 13.0. The molecule has 0 spiro atoms. The van der Waals surface area contributed by atoms with Crippen molar-refractivity contribution in [2.24, 2.45) is 5.92 Å². The van der Waals surface area contributed by atoms with Crippen molar-refractivity contribution in [1.82, 2.24) is 15.5 Å². The summed E-state index contributed by atoms with van der Waals surface area (Å²) in [6.07, 6.45) is 2.98. The van der Waals surface area contributed by atoms with Gasteiger partial charge in [-0.1, -0.05) is 64.8 Å². The van der Waals surface area contributed by atoms with Gasteiger partial charge in [-0.25, -0.2) is 4.79 Å². The predicted octanol–water partition coefficient (Wildman–Crippen LogP) is 5.52. The number of alkyl carbamates (subject to hydrolysis) is 1. The first-order valence-electron chi connectivity index (χ1n) is 13.0. The Hall–Kier alpha value is -2.57. The van der Waals surface area contributed by atoms with Crippen LogP contribution in [0.2, 0.25) is 0 Å². The first kappa shape index (κ1) is 30.5. The van der Waals surface area contributed by atoms with E-state index >= 15 is 0 Å². The topological polar surface area (TPSA) is 87.7 Å². The van der Waals surface area contributed by atoms with Gasteiger partial charge in [0.15, 0.2) is 0 Å². The highest BCUT2D eigenvalue weighted by Crippen LogP contribution is 2.29. The van der Waals surface area contributed by atoms with E-state index in [9.17, 15) is 14.4 Å². The van der Waals surface area contributed by atoms with Gasteiger partial charge in [-0.3, -0.25) is 9.59 Å². The van der Waals surface area contributed by atoms with Crippen molar-refractivity contribution in [3.05, 3.63) is 35.4 Å². The molecule has 3 amide bonds. The molecule has 7 nitrogen and oxygen atoms in total. The molecular formula is C28H47N3O4. The van der Waals surface area contributed by atoms with Crippen molar-refractivity contribution < 1.29 is 19.1 Å². The highest BCUT2D eigenvalue weighted by molar-refractivity contribution is 5.92. The average Bonchev–Trinajstić information content (AvgIpc) is 2.77. The Labute approximate surface area is 212 Å². The lowest BCUT2D eigenvalue weighted by atomic mass is 9.94. The van der Waals surface area contributed by atoms with Gasteiger partial charge < -0.3 is 20.3 Å². The van der Waals surface area contributed by atoms with E-state index in [2.05, 4.69) is 17.6 Å². The van der Waals surface area contributed by atoms with Crippen molar-refractivity contribution in [2.45, 2.75) is 112 Å². The van der Waals surface area contributed by atoms with E-state index in [4.69, 9.17) is 4.74 Å². The number of nitrogens with one attached hydrogen (secondary N) is 2. The Bertz CT molecular complexity index is 832. The maximum atomic E-state index is 14.1. The number of benzene rings is 1. The fraction of sp³-hybridized carbons (Fsp3) is 0.679. The van der Waals surface area contributed by atoms with Gasteiger partial charge in [0.2, 0.25) is 11.8 Å². The standard InChI is InChI=1S/C28H47N3O4/c1-10-12-15-18-29-25(32)24(22-17-14-13-16-20(22)5)31(21(6)11-2)26(33)23(19(3)4)30-27(34)35-28(7,8)9/h13-14,16-17,19,21,23-24H,10-12,15,18H2,1-9H3,(H,29,32)(H,30,34). The highest BCUT2D eigenvalue weighted by atomic mass is 16.6. The summed E-state index contributed by atoms with van der Waals surface area (Å²) < 4.78 is 5.42. The fourth-order valence-electron chi connectivity index (χ4n) is 3.90. The summed E-state index contributed by atoms with van der Waals surface area (Å²) in [7, 11) is 0. The second-order valence-electron chi connectivity index (χ2n) is 10.6. The van der Waals surface area contributed by atoms with Crippen LogP contribution in [0.4, 0.5) is 4.79 Å². The van der Waals surface area contributed by atoms with Crippen molar-refractivity contribution in [1.29, 1.82) is 0 Å². The highest BCUT2D eigenvalue weighted by Gasteiger charge is 2.39. The van der Waals surface area contributed by atoms with Crippen LogP contribution in [0, 0.1) is 12.8 Å². The minimum Gasteiger partial charge on any atom is -0.444 e. The Kier molecular flexibility index (Phi) is 12.3. The average molecular weight is 490 g/mol. The van der Waals surface area contributed by atoms with Gasteiger partial charge >= 0.3 is 6.09 Å². The molecule has 0 saturated carbocycles. The van der Waals surface area contributed by atoms with Crippen LogP contribution in [0.5, 0.6) is 0 Å². The molecule has 35 heavy (non-hydrogen) atoms. The smallest absolute Gasteiger partial charge is 0.408 e. The van der Waals surface area contributed by atoms with Gasteiger partial charge in [0.05, 0.1) is 0 Å². The molecular weight excluding hydrogens is 442 g/mol. The van der Waals surface area contributed by atoms with E-state index in [1.807, 2.05) is 58.9 Å². The number of amides is 3. The van der Waals surface area contributed by atoms with Crippen molar-refractivity contribution in [3.63, 3.8) is 0 Å². The van der Waals surface area contributed by atoms with Crippen molar-refractivity contribution in [3.8, 4) is 0 Å². The second kappa shape index (κ2) is 14.1. The Morgan fingerprint density at radius 3 is 2.17 bits per heavy atom. The lowest BCUT2D eigenvalue weighted by Crippen LogP contribution is -2.57. The molecule has 7 heteroatoms. The van der Waals surface area contributed by atoms with Crippen LogP contribution < -0.4 is 10.6 Å². The zero-order valence-electron chi connectivity index (χ0n) is 23.2. The summed E-state index contributed by atoms with van der Waals surface area (Å²) in [5, 5.41) is 5.82. The van der Waals surface area contributed by atoms with Crippen LogP contribution in [0.3, 0.4) is 0 Å². The SMILES string of the molecule is CCCCCNC(=O)C(c1ccccc1C)N(C(=O)C(NC(=O)OC(C)(C)C)C(C)C)C(C)CC. The Balaban J connectivity index is 3.44. The summed E-state index contributed by atoms with van der Waals surface area (Å²) in [6.45, 7) is 17.6. The van der Waals surface area contributed by atoms with Crippen LogP contribution >= 0.6 is 0 Å². The van der Waals surface area contributed by atoms with Crippen LogP contribution in [-0.2, 0) is 14.3 Å². The molecule has 198 valence electrons. The number of ether oxygens (including phenoxy) is 1. The van der Waals surface area contributed by atoms with E-state index in [0.29, 0.717) is 13.0 Å². The molecule has 0 heterocycles. The number of aryl methyl sites for hydroxylation is 1. The molecule has 0 aliphatic rings. The molecule has 0 bridgehead atoms. The van der Waals surface area contributed by atoms with Crippen molar-refractivity contribution >= 4 is 17.9 Å². The predicted molar refractivity (Wildman–Crippen MR) is 141 cm³/mol. The molecule has 3 atom stereocenters. The summed E-state index contributed by atoms with van der Waals surface area (Å²) in [6, 6.07) is 5.80. The number of hydrogen-bond donors (Lipinski definition) is 2. The lowest BCUT2D eigenvalue weighted by molar-refractivity contribution is -0.146. The number of carbonyl (C=O) groups excluding carboxylic acids is 3. The third kappa shape index (κ3) is 9.54. The van der Waals surface area contributed by atoms with Crippen molar-refractivity contribution in [2.75, 3.05) is 6.54 Å². The molecule has 0 aliphatic carbocycles. The van der Waals surface area contributed by atoms with Gasteiger partial charge in [0.1, 0.15) is 17.7 Å². The van der Waals surface area contributed by atoms with Crippen LogP contribution in [-0.4, -0.2) is 47.0 Å². The molecule has 0 aliphatic heterocycles. The normalized spacial score (nSPS) is 14.1. The summed E-state index contributed by atoms with van der Waals surface area (Å²) in [5.74, 6) is -0.701. The van der Waals surface area contributed by atoms with E-state index in [1.165, 1.54) is 0 Å². The third-order valence-electron chi connectivity index (χ3n) is 6.01. The number of carbonyl (C=O) groups is 3. The molecule has 1 aromatic rings. The van der Waals surface area contributed by atoms with Gasteiger partial charge in [-0.2, -0.15) is 0 Å². The van der Waals surface area contributed by atoms with E-state index < -0.39 is 23.8 Å². The number of nitrogens with zero attached hydrogens (tertiary/aromatic N) is 1. The zero-order valence-corrected chi connectivity index (χ0v) is 23.2. The largest absolute Gasteiger partial charge is 0.444 e. The van der Waals surface area contributed by atoms with E-state index in [-0.39, 0.29) is 23.8 Å². The molecule has 1 aromatic carbocycles. The van der Waals surface area contributed by atoms with Gasteiger partial charge in [0, 0.05) is 12.6 Å². The van der Waals surface area contributed by atoms with Crippen LogP contribution in [0.25, 0.3) is 0 Å². The maximum Gasteiger partial charge on any atom is 0.408 e. The van der Waals surface area contributed by atoms with Crippen LogP contribution in [0.15, 0.2) is 24.3 Å². The van der Waals surface area contributed by atoms with Crippen LogP contribution in [0.1, 0.15) is 98.2 Å². The number of unbranched alkanes of at least 4 members (excludes halogenated alkanes) is 2. The van der Waals surface area contributed by atoms with E-state index in [1.54, 1.807) is 25.7 Å². The number of rotatable bonds is 12. The maximum absolute atomic E-state index is 14.1. The fourth-order valence-corrected chi connectivity index (χ4v) is 3.90. The molecule has 3 unspecified atom stereocenters. The summed E-state index contributed by atoms with van der Waals surface area (Å²) in [5.41, 5.74) is 1.03. The molecule has 1 rings (SSSR count). The number of hydrogen-bond acceptors (Lipinski definition) is 4. The van der Waals surface area contributed by atoms with Gasteiger partial charge in [-0.15, -0.1) is 0 Å². The first-order chi connectivity index (χ1) is 16.3. The molecule has 0 radical (unpaired) electrons. The minimum absolute atomic E-state index is 0.202. The zero-order chi connectivity index (χ0) is 26.8. The third-order valence-corrected chi connectivity index (χ3v) is 6.01. The van der Waals surface area contributed by atoms with E-state index in [0.717, 1.165) is 30.4 Å². The van der Waals surface area contributed by atoms with Gasteiger partial charge in [0.25, 0.3) is 0 Å². The molecule has 0 saturated heterocycles. The lowest BCUT2D eigenvalue weighted by Gasteiger charge is -2.39. The summed E-state index contributed by atoms with van der Waals surface area (Å²) >= 11 is 0. The van der Waals surface area contributed by atoms with Gasteiger partial charge in [-0.05, 0) is 64.5 Å². The summed E-state index contributed by atoms with van der Waals surface area (Å²) in [4.78, 5) is 41.9. The quantitative estimate of drug-likeness (QED) is 0.379. The molecule has 0 aromatic heterocycles. The Morgan fingerprint density at radius 1 is 1.03 bits per heavy atom. The molecule has 0 fully saturated rings.